The lowest BCUT2D eigenvalue weighted by Gasteiger charge is -2.39. The maximum atomic E-state index is 13.8. The van der Waals surface area contributed by atoms with Gasteiger partial charge < -0.3 is 9.80 Å². The fraction of sp³-hybridized carbons (Fsp3) is 0.500. The summed E-state index contributed by atoms with van der Waals surface area (Å²) in [6, 6.07) is 3.02. The summed E-state index contributed by atoms with van der Waals surface area (Å²) in [5.41, 5.74) is 0. The predicted octanol–water partition coefficient (Wildman–Crippen LogP) is 2.04. The Morgan fingerprint density at radius 2 is 1.74 bits per heavy atom. The summed E-state index contributed by atoms with van der Waals surface area (Å²) in [7, 11) is 0. The summed E-state index contributed by atoms with van der Waals surface area (Å²) in [5, 5.41) is 0. The maximum Gasteiger partial charge on any atom is 0.183 e. The number of anilines is 2. The zero-order chi connectivity index (χ0) is 15.6. The molecule has 0 spiro atoms. The predicted molar refractivity (Wildman–Crippen MR) is 84.8 cm³/mol. The van der Waals surface area contributed by atoms with Gasteiger partial charge in [-0.05, 0) is 31.7 Å². The van der Waals surface area contributed by atoms with Gasteiger partial charge in [-0.3, -0.25) is 0 Å². The summed E-state index contributed by atoms with van der Waals surface area (Å²) in [4.78, 5) is 20.7. The van der Waals surface area contributed by atoms with Crippen LogP contribution in [0.15, 0.2) is 31.1 Å². The van der Waals surface area contributed by atoms with Crippen molar-refractivity contribution in [2.45, 2.75) is 37.8 Å². The second-order valence-electron chi connectivity index (χ2n) is 6.12. The van der Waals surface area contributed by atoms with Gasteiger partial charge in [0.2, 0.25) is 0 Å². The molecule has 1 aliphatic carbocycles. The van der Waals surface area contributed by atoms with Gasteiger partial charge in [0, 0.05) is 31.4 Å². The molecule has 2 aromatic heterocycles. The molecule has 0 bridgehead atoms. The molecule has 0 amide bonds. The second kappa shape index (κ2) is 6.06. The maximum absolute atomic E-state index is 13.8. The summed E-state index contributed by atoms with van der Waals surface area (Å²) >= 11 is 0. The first-order chi connectivity index (χ1) is 11.3. The molecule has 0 radical (unpaired) electrons. The molecule has 23 heavy (non-hydrogen) atoms. The highest BCUT2D eigenvalue weighted by Crippen LogP contribution is 2.35. The van der Waals surface area contributed by atoms with Crippen LogP contribution in [0.5, 0.6) is 0 Å². The van der Waals surface area contributed by atoms with Crippen LogP contribution in [0, 0.1) is 5.82 Å². The molecule has 3 heterocycles. The Labute approximate surface area is 134 Å². The highest BCUT2D eigenvalue weighted by Gasteiger charge is 2.36. The van der Waals surface area contributed by atoms with E-state index in [0.29, 0.717) is 17.9 Å². The third kappa shape index (κ3) is 2.95. The van der Waals surface area contributed by atoms with Gasteiger partial charge >= 0.3 is 0 Å². The number of rotatable bonds is 4. The Kier molecular flexibility index (Phi) is 3.77. The van der Waals surface area contributed by atoms with Crippen LogP contribution < -0.4 is 9.80 Å². The van der Waals surface area contributed by atoms with Crippen molar-refractivity contribution in [1.29, 1.82) is 0 Å². The third-order valence-corrected chi connectivity index (χ3v) is 4.58. The van der Waals surface area contributed by atoms with E-state index in [1.54, 1.807) is 12.5 Å². The lowest BCUT2D eigenvalue weighted by Crippen LogP contribution is -2.46. The van der Waals surface area contributed by atoms with E-state index in [-0.39, 0.29) is 5.82 Å². The van der Waals surface area contributed by atoms with E-state index in [0.717, 1.165) is 31.7 Å². The molecule has 6 nitrogen and oxygen atoms in total. The molecule has 2 fully saturated rings. The van der Waals surface area contributed by atoms with Gasteiger partial charge in [-0.1, -0.05) is 0 Å². The van der Waals surface area contributed by atoms with Crippen molar-refractivity contribution in [3.8, 4) is 0 Å². The van der Waals surface area contributed by atoms with E-state index in [1.165, 1.54) is 25.4 Å². The van der Waals surface area contributed by atoms with Crippen molar-refractivity contribution >= 4 is 11.6 Å². The number of halogens is 1. The molecule has 0 N–H and O–H groups in total. The third-order valence-electron chi connectivity index (χ3n) is 4.58. The molecule has 0 unspecified atom stereocenters. The van der Waals surface area contributed by atoms with Gasteiger partial charge in [0.25, 0.3) is 0 Å². The van der Waals surface area contributed by atoms with Gasteiger partial charge in [-0.25, -0.2) is 24.3 Å². The van der Waals surface area contributed by atoms with Crippen LogP contribution in [0.2, 0.25) is 0 Å². The number of nitrogens with zero attached hydrogens (tertiary/aromatic N) is 6. The fourth-order valence-electron chi connectivity index (χ4n) is 3.36. The van der Waals surface area contributed by atoms with Crippen LogP contribution in [0.3, 0.4) is 0 Å². The quantitative estimate of drug-likeness (QED) is 0.861. The summed E-state index contributed by atoms with van der Waals surface area (Å²) in [6.07, 6.45) is 10.4. The molecule has 120 valence electrons. The molecule has 0 aromatic carbocycles. The molecule has 1 saturated carbocycles. The largest absolute Gasteiger partial charge is 0.354 e. The van der Waals surface area contributed by atoms with Gasteiger partial charge in [-0.2, -0.15) is 0 Å². The first-order valence-electron chi connectivity index (χ1n) is 8.08. The normalized spacial score (nSPS) is 18.9. The van der Waals surface area contributed by atoms with E-state index >= 15 is 0 Å². The standard InChI is InChI=1S/C16H19FN6/c17-14-9-19-11-21-16(14)22-7-4-13(5-8-22)23(12-1-2-12)15-3-6-18-10-20-15/h3,6,9-13H,1-2,4-5,7-8H2. The Hall–Kier alpha value is -2.31. The summed E-state index contributed by atoms with van der Waals surface area (Å²) in [5.74, 6) is 1.08. The highest BCUT2D eigenvalue weighted by molar-refractivity contribution is 5.44. The van der Waals surface area contributed by atoms with E-state index < -0.39 is 0 Å². The van der Waals surface area contributed by atoms with E-state index in [9.17, 15) is 4.39 Å². The first-order valence-corrected chi connectivity index (χ1v) is 8.08. The lowest BCUT2D eigenvalue weighted by molar-refractivity contribution is 0.452. The summed E-state index contributed by atoms with van der Waals surface area (Å²) < 4.78 is 13.8. The molecule has 1 saturated heterocycles. The lowest BCUT2D eigenvalue weighted by atomic mass is 10.0. The van der Waals surface area contributed by atoms with Crippen LogP contribution in [0.25, 0.3) is 0 Å². The van der Waals surface area contributed by atoms with Crippen LogP contribution in [-0.2, 0) is 0 Å². The van der Waals surface area contributed by atoms with Crippen molar-refractivity contribution in [2.24, 2.45) is 0 Å². The molecular formula is C16H19FN6. The summed E-state index contributed by atoms with van der Waals surface area (Å²) in [6.45, 7) is 1.60. The number of aromatic nitrogens is 4. The molecular weight excluding hydrogens is 295 g/mol. The van der Waals surface area contributed by atoms with E-state index in [4.69, 9.17) is 0 Å². The molecule has 2 aliphatic rings. The SMILES string of the molecule is Fc1cncnc1N1CCC(N(c2ccncn2)C2CC2)CC1. The number of hydrogen-bond donors (Lipinski definition) is 0. The van der Waals surface area contributed by atoms with Crippen LogP contribution in [0.4, 0.5) is 16.0 Å². The molecule has 4 rings (SSSR count). The highest BCUT2D eigenvalue weighted by atomic mass is 19.1. The second-order valence-corrected chi connectivity index (χ2v) is 6.12. The Morgan fingerprint density at radius 1 is 1.00 bits per heavy atom. The molecule has 0 atom stereocenters. The zero-order valence-corrected chi connectivity index (χ0v) is 12.8. The van der Waals surface area contributed by atoms with Crippen molar-refractivity contribution in [1.82, 2.24) is 19.9 Å². The van der Waals surface area contributed by atoms with Crippen molar-refractivity contribution < 1.29 is 4.39 Å². The van der Waals surface area contributed by atoms with Crippen LogP contribution >= 0.6 is 0 Å². The smallest absolute Gasteiger partial charge is 0.183 e. The average molecular weight is 314 g/mol. The zero-order valence-electron chi connectivity index (χ0n) is 12.8. The minimum absolute atomic E-state index is 0.346. The van der Waals surface area contributed by atoms with Gasteiger partial charge in [0.1, 0.15) is 18.5 Å². The molecule has 7 heteroatoms. The van der Waals surface area contributed by atoms with Gasteiger partial charge in [-0.15, -0.1) is 0 Å². The van der Waals surface area contributed by atoms with E-state index in [2.05, 4.69) is 24.8 Å². The number of piperidine rings is 1. The average Bonchev–Trinajstić information content (AvgIpc) is 3.42. The Morgan fingerprint density at radius 3 is 2.39 bits per heavy atom. The number of hydrogen-bond acceptors (Lipinski definition) is 6. The molecule has 1 aliphatic heterocycles. The van der Waals surface area contributed by atoms with Crippen LogP contribution in [0.1, 0.15) is 25.7 Å². The monoisotopic (exact) mass is 314 g/mol. The fourth-order valence-corrected chi connectivity index (χ4v) is 3.36. The molecule has 2 aromatic rings. The van der Waals surface area contributed by atoms with Crippen molar-refractivity contribution in [3.63, 3.8) is 0 Å². The topological polar surface area (TPSA) is 58.0 Å². The van der Waals surface area contributed by atoms with E-state index in [1.807, 2.05) is 11.0 Å². The Balaban J connectivity index is 1.47. The minimum atomic E-state index is -0.346. The minimum Gasteiger partial charge on any atom is -0.354 e. The first kappa shape index (κ1) is 14.3. The van der Waals surface area contributed by atoms with Gasteiger partial charge in [0.15, 0.2) is 11.6 Å². The van der Waals surface area contributed by atoms with Crippen molar-refractivity contribution in [3.05, 3.63) is 36.9 Å². The van der Waals surface area contributed by atoms with Crippen LogP contribution in [-0.4, -0.2) is 45.1 Å². The van der Waals surface area contributed by atoms with Crippen molar-refractivity contribution in [2.75, 3.05) is 22.9 Å². The van der Waals surface area contributed by atoms with Gasteiger partial charge in [0.05, 0.1) is 6.20 Å². The Bertz CT molecular complexity index is 655.